The topological polar surface area (TPSA) is 51.0 Å². The number of carbonyl (C=O) groups is 1. The Labute approximate surface area is 192 Å². The Kier molecular flexibility index (Phi) is 5.49. The lowest BCUT2D eigenvalue weighted by molar-refractivity contribution is -0.131. The molecule has 0 radical (unpaired) electrons. The Morgan fingerprint density at radius 3 is 2.48 bits per heavy atom. The van der Waals surface area contributed by atoms with Gasteiger partial charge in [0.15, 0.2) is 5.82 Å². The summed E-state index contributed by atoms with van der Waals surface area (Å²) in [6, 6.07) is 13.7. The summed E-state index contributed by atoms with van der Waals surface area (Å²) in [5.74, 6) is 2.83. The van der Waals surface area contributed by atoms with Gasteiger partial charge in [0.05, 0.1) is 0 Å². The van der Waals surface area contributed by atoms with Crippen LogP contribution in [0, 0.1) is 18.8 Å². The maximum absolute atomic E-state index is 12.4. The Morgan fingerprint density at radius 1 is 1.03 bits per heavy atom. The average molecular weight is 455 g/mol. The smallest absolute Gasteiger partial charge is 0.225 e. The summed E-state index contributed by atoms with van der Waals surface area (Å²) < 4.78 is 2.18. The second-order valence-corrected chi connectivity index (χ2v) is 9.44. The van der Waals surface area contributed by atoms with Crippen molar-refractivity contribution in [1.82, 2.24) is 19.7 Å². The van der Waals surface area contributed by atoms with E-state index in [4.69, 9.17) is 23.2 Å². The van der Waals surface area contributed by atoms with Gasteiger partial charge in [-0.15, -0.1) is 10.2 Å². The number of carbonyl (C=O) groups excluding carboxylic acids is 1. The fourth-order valence-electron chi connectivity index (χ4n) is 4.36. The highest BCUT2D eigenvalue weighted by Gasteiger charge is 2.36. The molecule has 160 valence electrons. The minimum atomic E-state index is 0.290. The van der Waals surface area contributed by atoms with Crippen molar-refractivity contribution in [3.63, 3.8) is 0 Å². The molecule has 0 spiro atoms. The van der Waals surface area contributed by atoms with E-state index in [0.29, 0.717) is 27.8 Å². The van der Waals surface area contributed by atoms with E-state index in [9.17, 15) is 4.79 Å². The summed E-state index contributed by atoms with van der Waals surface area (Å²) in [6.45, 7) is 4.52. The Bertz CT molecular complexity index is 1120. The number of halogens is 2. The Balaban J connectivity index is 1.34. The second kappa shape index (κ2) is 8.29. The first-order valence-corrected chi connectivity index (χ1v) is 11.5. The zero-order chi connectivity index (χ0) is 21.5. The molecule has 1 saturated heterocycles. The van der Waals surface area contributed by atoms with Crippen LogP contribution in [0.25, 0.3) is 22.5 Å². The maximum Gasteiger partial charge on any atom is 0.225 e. The maximum atomic E-state index is 12.4. The molecule has 2 fully saturated rings. The Hall–Kier alpha value is -2.37. The number of benzene rings is 2. The van der Waals surface area contributed by atoms with Crippen molar-refractivity contribution in [2.45, 2.75) is 32.7 Å². The van der Waals surface area contributed by atoms with E-state index in [1.165, 1.54) is 0 Å². The lowest BCUT2D eigenvalue weighted by atomic mass is 10.0. The molecule has 0 bridgehead atoms. The van der Waals surface area contributed by atoms with Gasteiger partial charge in [-0.2, -0.15) is 0 Å². The number of hydrogen-bond acceptors (Lipinski definition) is 3. The third-order valence-corrected chi connectivity index (χ3v) is 6.83. The summed E-state index contributed by atoms with van der Waals surface area (Å²) >= 11 is 12.4. The first-order valence-electron chi connectivity index (χ1n) is 10.7. The summed E-state index contributed by atoms with van der Waals surface area (Å²) in [4.78, 5) is 14.4. The van der Waals surface area contributed by atoms with Gasteiger partial charge < -0.3 is 9.47 Å². The first-order chi connectivity index (χ1) is 15.0. The van der Waals surface area contributed by atoms with Crippen LogP contribution in [0.15, 0.2) is 42.5 Å². The molecule has 1 saturated carbocycles. The van der Waals surface area contributed by atoms with Gasteiger partial charge in [0.25, 0.3) is 0 Å². The number of rotatable bonds is 5. The molecule has 3 aromatic rings. The number of aromatic nitrogens is 3. The lowest BCUT2D eigenvalue weighted by Crippen LogP contribution is -2.30. The summed E-state index contributed by atoms with van der Waals surface area (Å²) in [5.41, 5.74) is 2.98. The zero-order valence-corrected chi connectivity index (χ0v) is 18.9. The number of aryl methyl sites for hydroxylation is 1. The number of amides is 1. The summed E-state index contributed by atoms with van der Waals surface area (Å²) in [7, 11) is 0. The summed E-state index contributed by atoms with van der Waals surface area (Å²) in [6.07, 6.45) is 3.15. The number of likely N-dealkylation sites (tertiary alicyclic amines) is 1. The van der Waals surface area contributed by atoms with Gasteiger partial charge in [0, 0.05) is 46.7 Å². The molecule has 2 aliphatic rings. The molecular weight excluding hydrogens is 431 g/mol. The van der Waals surface area contributed by atoms with Crippen LogP contribution < -0.4 is 0 Å². The predicted octanol–water partition coefficient (Wildman–Crippen LogP) is 5.49. The average Bonchev–Trinajstić information content (AvgIpc) is 3.41. The van der Waals surface area contributed by atoms with Crippen LogP contribution in [0.5, 0.6) is 0 Å². The fourth-order valence-corrected chi connectivity index (χ4v) is 4.88. The molecule has 2 heterocycles. The quantitative estimate of drug-likeness (QED) is 0.512. The van der Waals surface area contributed by atoms with Gasteiger partial charge in [-0.3, -0.25) is 4.79 Å². The van der Waals surface area contributed by atoms with E-state index in [1.54, 1.807) is 6.07 Å². The summed E-state index contributed by atoms with van der Waals surface area (Å²) in [5, 5.41) is 10.0. The van der Waals surface area contributed by atoms with Crippen molar-refractivity contribution in [2.75, 3.05) is 13.1 Å². The highest BCUT2D eigenvalue weighted by molar-refractivity contribution is 6.36. The molecule has 31 heavy (non-hydrogen) atoms. The molecule has 1 amide bonds. The largest absolute Gasteiger partial charge is 0.342 e. The highest BCUT2D eigenvalue weighted by Crippen LogP contribution is 2.34. The predicted molar refractivity (Wildman–Crippen MR) is 123 cm³/mol. The van der Waals surface area contributed by atoms with Crippen molar-refractivity contribution >= 4 is 29.1 Å². The van der Waals surface area contributed by atoms with Crippen molar-refractivity contribution in [3.8, 4) is 22.5 Å². The number of hydrogen-bond donors (Lipinski definition) is 0. The van der Waals surface area contributed by atoms with Crippen LogP contribution in [0.2, 0.25) is 10.0 Å². The van der Waals surface area contributed by atoms with Crippen LogP contribution in [-0.2, 0) is 11.3 Å². The molecule has 1 atom stereocenters. The van der Waals surface area contributed by atoms with Gasteiger partial charge in [0.1, 0.15) is 5.82 Å². The second-order valence-electron chi connectivity index (χ2n) is 8.60. The van der Waals surface area contributed by atoms with E-state index in [2.05, 4.69) is 26.9 Å². The van der Waals surface area contributed by atoms with Crippen LogP contribution in [0.3, 0.4) is 0 Å². The van der Waals surface area contributed by atoms with E-state index in [0.717, 1.165) is 67.2 Å². The van der Waals surface area contributed by atoms with Gasteiger partial charge in [-0.1, -0.05) is 53.5 Å². The van der Waals surface area contributed by atoms with Gasteiger partial charge in [-0.05, 0) is 49.8 Å². The normalized spacial score (nSPS) is 18.5. The third kappa shape index (κ3) is 4.21. The van der Waals surface area contributed by atoms with E-state index < -0.39 is 0 Å². The molecule has 5 rings (SSSR count). The first kappa shape index (κ1) is 20.5. The standard InChI is InChI=1S/C24H24Cl2N4O/c1-15-27-28-23(30(15)14-16-10-11-29(13-16)24(31)19-6-7-19)18-4-2-17(3-5-18)21-9-8-20(25)12-22(21)26/h2-5,8-9,12,16,19H,6-7,10-11,13-14H2,1H3/t16-/m1/s1. The molecule has 2 aromatic carbocycles. The van der Waals surface area contributed by atoms with Gasteiger partial charge in [-0.25, -0.2) is 0 Å². The number of nitrogens with zero attached hydrogens (tertiary/aromatic N) is 4. The lowest BCUT2D eigenvalue weighted by Gasteiger charge is -2.17. The monoisotopic (exact) mass is 454 g/mol. The van der Waals surface area contributed by atoms with E-state index in [-0.39, 0.29) is 0 Å². The SMILES string of the molecule is Cc1nnc(-c2ccc(-c3ccc(Cl)cc3Cl)cc2)n1C[C@@H]1CCN(C(=O)C2CC2)C1. The van der Waals surface area contributed by atoms with Gasteiger partial charge >= 0.3 is 0 Å². The molecule has 1 aliphatic carbocycles. The molecule has 0 N–H and O–H groups in total. The molecule has 1 aliphatic heterocycles. The minimum Gasteiger partial charge on any atom is -0.342 e. The fraction of sp³-hybridized carbons (Fsp3) is 0.375. The third-order valence-electron chi connectivity index (χ3n) is 6.29. The molecule has 7 heteroatoms. The molecule has 1 aromatic heterocycles. The highest BCUT2D eigenvalue weighted by atomic mass is 35.5. The van der Waals surface area contributed by atoms with Crippen LogP contribution >= 0.6 is 23.2 Å². The van der Waals surface area contributed by atoms with Crippen molar-refractivity contribution < 1.29 is 4.79 Å². The Morgan fingerprint density at radius 2 is 1.77 bits per heavy atom. The molecule has 5 nitrogen and oxygen atoms in total. The van der Waals surface area contributed by atoms with Gasteiger partial charge in [0.2, 0.25) is 5.91 Å². The zero-order valence-electron chi connectivity index (χ0n) is 17.4. The molecular formula is C24H24Cl2N4O. The van der Waals surface area contributed by atoms with Crippen molar-refractivity contribution in [1.29, 1.82) is 0 Å². The van der Waals surface area contributed by atoms with Crippen molar-refractivity contribution in [3.05, 3.63) is 58.3 Å². The van der Waals surface area contributed by atoms with E-state index >= 15 is 0 Å². The molecule has 0 unspecified atom stereocenters. The minimum absolute atomic E-state index is 0.290. The van der Waals surface area contributed by atoms with Crippen LogP contribution in [-0.4, -0.2) is 38.7 Å². The van der Waals surface area contributed by atoms with Crippen molar-refractivity contribution in [2.24, 2.45) is 11.8 Å². The van der Waals surface area contributed by atoms with Crippen LogP contribution in [0.1, 0.15) is 25.1 Å². The van der Waals surface area contributed by atoms with E-state index in [1.807, 2.05) is 36.1 Å². The van der Waals surface area contributed by atoms with Crippen LogP contribution in [0.4, 0.5) is 0 Å².